The first-order valence-corrected chi connectivity index (χ1v) is 6.68. The highest BCUT2D eigenvalue weighted by molar-refractivity contribution is 5.85. The fourth-order valence-electron chi connectivity index (χ4n) is 1.97. The number of hydrogen-bond donors (Lipinski definition) is 1. The lowest BCUT2D eigenvalue weighted by Crippen LogP contribution is -2.56. The monoisotopic (exact) mass is 272 g/mol. The summed E-state index contributed by atoms with van der Waals surface area (Å²) in [5.74, 6) is -1.02. The van der Waals surface area contributed by atoms with Crippen molar-refractivity contribution in [2.75, 3.05) is 26.7 Å². The Kier molecular flexibility index (Phi) is 5.17. The van der Waals surface area contributed by atoms with Crippen molar-refractivity contribution < 1.29 is 19.4 Å². The first-order chi connectivity index (χ1) is 8.80. The summed E-state index contributed by atoms with van der Waals surface area (Å²) < 4.78 is 5.52. The summed E-state index contributed by atoms with van der Waals surface area (Å²) in [5, 5.41) is 9.16. The molecule has 0 bridgehead atoms. The predicted molar refractivity (Wildman–Crippen MR) is 71.1 cm³/mol. The summed E-state index contributed by atoms with van der Waals surface area (Å²) in [4.78, 5) is 26.4. The number of hydrogen-bond acceptors (Lipinski definition) is 3. The van der Waals surface area contributed by atoms with E-state index in [9.17, 15) is 9.59 Å². The topological polar surface area (TPSA) is 70.1 Å². The van der Waals surface area contributed by atoms with Gasteiger partial charge in [-0.2, -0.15) is 0 Å². The lowest BCUT2D eigenvalue weighted by Gasteiger charge is -2.36. The molecule has 1 aliphatic rings. The number of likely N-dealkylation sites (N-methyl/N-ethyl adjacent to an activating group) is 2. The van der Waals surface area contributed by atoms with E-state index in [0.717, 1.165) is 19.4 Å². The van der Waals surface area contributed by atoms with E-state index in [1.54, 1.807) is 4.90 Å². The second-order valence-corrected chi connectivity index (χ2v) is 5.38. The van der Waals surface area contributed by atoms with Gasteiger partial charge in [-0.3, -0.25) is 0 Å². The maximum absolute atomic E-state index is 12.3. The van der Waals surface area contributed by atoms with Gasteiger partial charge in [0, 0.05) is 26.7 Å². The fourth-order valence-corrected chi connectivity index (χ4v) is 1.97. The van der Waals surface area contributed by atoms with E-state index in [2.05, 4.69) is 0 Å². The van der Waals surface area contributed by atoms with Crippen LogP contribution in [-0.4, -0.2) is 65.3 Å². The van der Waals surface area contributed by atoms with E-state index in [1.807, 2.05) is 6.92 Å². The Morgan fingerprint density at radius 2 is 2.05 bits per heavy atom. The summed E-state index contributed by atoms with van der Waals surface area (Å²) in [7, 11) is 1.52. The average Bonchev–Trinajstić information content (AvgIpc) is 2.86. The van der Waals surface area contributed by atoms with E-state index in [4.69, 9.17) is 9.84 Å². The van der Waals surface area contributed by atoms with E-state index in [1.165, 1.54) is 25.8 Å². The third kappa shape index (κ3) is 3.59. The van der Waals surface area contributed by atoms with Crippen LogP contribution in [0.3, 0.4) is 0 Å². The molecule has 1 atom stereocenters. The lowest BCUT2D eigenvalue weighted by molar-refractivity contribution is -0.147. The number of carbonyl (C=O) groups excluding carboxylic acids is 1. The van der Waals surface area contributed by atoms with Gasteiger partial charge in [0.05, 0.1) is 6.10 Å². The van der Waals surface area contributed by atoms with Gasteiger partial charge in [0.15, 0.2) is 0 Å². The van der Waals surface area contributed by atoms with Gasteiger partial charge in [0.25, 0.3) is 0 Å². The molecule has 1 rings (SSSR count). The Morgan fingerprint density at radius 3 is 2.47 bits per heavy atom. The van der Waals surface area contributed by atoms with Crippen LogP contribution in [0.15, 0.2) is 0 Å². The van der Waals surface area contributed by atoms with Crippen molar-refractivity contribution in [3.8, 4) is 0 Å². The maximum Gasteiger partial charge on any atom is 0.329 e. The van der Waals surface area contributed by atoms with Crippen molar-refractivity contribution in [1.82, 2.24) is 9.80 Å². The molecule has 0 aromatic heterocycles. The van der Waals surface area contributed by atoms with E-state index < -0.39 is 11.5 Å². The highest BCUT2D eigenvalue weighted by atomic mass is 16.5. The smallest absolute Gasteiger partial charge is 0.329 e. The van der Waals surface area contributed by atoms with Crippen LogP contribution in [0.5, 0.6) is 0 Å². The van der Waals surface area contributed by atoms with Crippen molar-refractivity contribution >= 4 is 12.0 Å². The third-order valence-electron chi connectivity index (χ3n) is 3.75. The molecule has 110 valence electrons. The van der Waals surface area contributed by atoms with Gasteiger partial charge in [0.2, 0.25) is 0 Å². The molecule has 1 unspecified atom stereocenters. The van der Waals surface area contributed by atoms with Gasteiger partial charge in [-0.15, -0.1) is 0 Å². The minimum absolute atomic E-state index is 0.0743. The largest absolute Gasteiger partial charge is 0.480 e. The normalized spacial score (nSPS) is 19.3. The van der Waals surface area contributed by atoms with Crippen LogP contribution in [0.4, 0.5) is 4.79 Å². The number of rotatable bonds is 5. The van der Waals surface area contributed by atoms with Gasteiger partial charge < -0.3 is 19.6 Å². The number of carboxylic acid groups (broad SMARTS) is 1. The third-order valence-corrected chi connectivity index (χ3v) is 3.75. The number of urea groups is 1. The van der Waals surface area contributed by atoms with Gasteiger partial charge >= 0.3 is 12.0 Å². The summed E-state index contributed by atoms with van der Waals surface area (Å²) in [6.07, 6.45) is 2.05. The van der Waals surface area contributed by atoms with Crippen LogP contribution < -0.4 is 0 Å². The highest BCUT2D eigenvalue weighted by Crippen LogP contribution is 2.18. The molecule has 2 amide bonds. The number of nitrogens with zero attached hydrogens (tertiary/aromatic N) is 2. The standard InChI is InChI=1S/C13H24N2O4/c1-5-15(9-10-7-6-8-19-10)12(18)14(4)13(2,3)11(16)17/h10H,5-9H2,1-4H3,(H,16,17). The van der Waals surface area contributed by atoms with Crippen LogP contribution in [0.25, 0.3) is 0 Å². The number of carboxylic acids is 1. The minimum Gasteiger partial charge on any atom is -0.480 e. The van der Waals surface area contributed by atoms with Crippen molar-refractivity contribution in [1.29, 1.82) is 0 Å². The van der Waals surface area contributed by atoms with Gasteiger partial charge in [-0.05, 0) is 33.6 Å². The molecule has 1 N–H and O–H groups in total. The number of carbonyl (C=O) groups is 2. The quantitative estimate of drug-likeness (QED) is 0.821. The molecule has 0 saturated carbocycles. The fraction of sp³-hybridized carbons (Fsp3) is 0.846. The van der Waals surface area contributed by atoms with Crippen LogP contribution in [-0.2, 0) is 9.53 Å². The van der Waals surface area contributed by atoms with Gasteiger partial charge in [0.1, 0.15) is 5.54 Å². The van der Waals surface area contributed by atoms with Gasteiger partial charge in [-0.25, -0.2) is 9.59 Å². The Morgan fingerprint density at radius 1 is 1.42 bits per heavy atom. The molecule has 1 aliphatic heterocycles. The summed E-state index contributed by atoms with van der Waals surface area (Å²) in [5.41, 5.74) is -1.22. The molecule has 0 aromatic rings. The Bertz CT molecular complexity index is 338. The van der Waals surface area contributed by atoms with Crippen LogP contribution in [0.2, 0.25) is 0 Å². The molecular weight excluding hydrogens is 248 g/mol. The molecule has 0 aliphatic carbocycles. The van der Waals surface area contributed by atoms with E-state index in [0.29, 0.717) is 13.1 Å². The molecule has 1 fully saturated rings. The summed E-state index contributed by atoms with van der Waals surface area (Å²) >= 11 is 0. The molecule has 19 heavy (non-hydrogen) atoms. The zero-order valence-corrected chi connectivity index (χ0v) is 12.2. The second kappa shape index (κ2) is 6.23. The summed E-state index contributed by atoms with van der Waals surface area (Å²) in [6, 6.07) is -0.273. The molecule has 1 heterocycles. The van der Waals surface area contributed by atoms with Crippen LogP contribution >= 0.6 is 0 Å². The second-order valence-electron chi connectivity index (χ2n) is 5.38. The SMILES string of the molecule is CCN(CC1CCCO1)C(=O)N(C)C(C)(C)C(=O)O. The Labute approximate surface area is 114 Å². The van der Waals surface area contributed by atoms with Crippen molar-refractivity contribution in [3.05, 3.63) is 0 Å². The summed E-state index contributed by atoms with van der Waals surface area (Å²) in [6.45, 7) is 6.73. The number of amides is 2. The van der Waals surface area contributed by atoms with Crippen molar-refractivity contribution in [2.45, 2.75) is 45.3 Å². The molecule has 0 radical (unpaired) electrons. The maximum atomic E-state index is 12.3. The Hall–Kier alpha value is -1.30. The number of aliphatic carboxylic acids is 1. The van der Waals surface area contributed by atoms with Crippen LogP contribution in [0.1, 0.15) is 33.6 Å². The van der Waals surface area contributed by atoms with Gasteiger partial charge in [-0.1, -0.05) is 0 Å². The highest BCUT2D eigenvalue weighted by Gasteiger charge is 2.37. The first kappa shape index (κ1) is 15.8. The van der Waals surface area contributed by atoms with E-state index >= 15 is 0 Å². The first-order valence-electron chi connectivity index (χ1n) is 6.68. The zero-order valence-electron chi connectivity index (χ0n) is 12.2. The van der Waals surface area contributed by atoms with E-state index in [-0.39, 0.29) is 12.1 Å². The zero-order chi connectivity index (χ0) is 14.6. The molecular formula is C13H24N2O4. The van der Waals surface area contributed by atoms with Crippen LogP contribution in [0, 0.1) is 0 Å². The molecule has 1 saturated heterocycles. The minimum atomic E-state index is -1.22. The molecule has 0 aromatic carbocycles. The Balaban J connectivity index is 2.69. The molecule has 0 spiro atoms. The average molecular weight is 272 g/mol. The number of ether oxygens (including phenoxy) is 1. The predicted octanol–water partition coefficient (Wildman–Crippen LogP) is 1.40. The molecule has 6 nitrogen and oxygen atoms in total. The molecule has 6 heteroatoms. The lowest BCUT2D eigenvalue weighted by atomic mass is 10.0. The van der Waals surface area contributed by atoms with Crippen molar-refractivity contribution in [3.63, 3.8) is 0 Å². The van der Waals surface area contributed by atoms with Crippen molar-refractivity contribution in [2.24, 2.45) is 0 Å².